The second-order valence-electron chi connectivity index (χ2n) is 5.36. The first-order valence-corrected chi connectivity index (χ1v) is 6.45. The molecule has 102 valence electrons. The minimum absolute atomic E-state index is 0.0851. The van der Waals surface area contributed by atoms with Crippen LogP contribution in [-0.4, -0.2) is 33.6 Å². The fraction of sp³-hybridized carbons (Fsp3) is 0.909. The summed E-state index contributed by atoms with van der Waals surface area (Å²) in [5.74, 6) is -2.94. The monoisotopic (exact) mass is 269 g/mol. The van der Waals surface area contributed by atoms with Crippen molar-refractivity contribution in [3.05, 3.63) is 0 Å². The van der Waals surface area contributed by atoms with Crippen LogP contribution >= 0.6 is 0 Å². The summed E-state index contributed by atoms with van der Waals surface area (Å²) >= 11 is -1.38. The first kappa shape index (κ1) is 16.8. The Labute approximate surface area is 105 Å². The molecule has 0 amide bonds. The van der Waals surface area contributed by atoms with Gasteiger partial charge in [0.05, 0.1) is 12.8 Å². The fourth-order valence-electron chi connectivity index (χ4n) is 0.629. The summed E-state index contributed by atoms with van der Waals surface area (Å²) in [7, 11) is 0. The SMILES string of the molecule is CC(C)(C)[S+]([O-])N=CCOC(C)(C)C(C)(F)F. The highest BCUT2D eigenvalue weighted by Crippen LogP contribution is 2.30. The van der Waals surface area contributed by atoms with E-state index < -0.39 is 27.6 Å². The van der Waals surface area contributed by atoms with Gasteiger partial charge in [0.15, 0.2) is 0 Å². The summed E-state index contributed by atoms with van der Waals surface area (Å²) in [5.41, 5.74) is -1.57. The smallest absolute Gasteiger partial charge is 0.273 e. The zero-order chi connectivity index (χ0) is 13.9. The Balaban J connectivity index is 4.22. The molecule has 0 spiro atoms. The third kappa shape index (κ3) is 5.79. The highest BCUT2D eigenvalue weighted by atomic mass is 32.2. The molecule has 0 fully saturated rings. The minimum Gasteiger partial charge on any atom is -0.591 e. The molecule has 0 aliphatic carbocycles. The van der Waals surface area contributed by atoms with Gasteiger partial charge >= 0.3 is 0 Å². The molecule has 0 aliphatic heterocycles. The summed E-state index contributed by atoms with van der Waals surface area (Å²) in [6, 6.07) is 0. The van der Waals surface area contributed by atoms with Crippen LogP contribution in [0.25, 0.3) is 0 Å². The lowest BCUT2D eigenvalue weighted by atomic mass is 10.0. The molecule has 17 heavy (non-hydrogen) atoms. The number of hydrogen-bond donors (Lipinski definition) is 0. The van der Waals surface area contributed by atoms with Gasteiger partial charge in [-0.25, -0.2) is 8.78 Å². The molecule has 0 aromatic heterocycles. The van der Waals surface area contributed by atoms with E-state index in [-0.39, 0.29) is 6.61 Å². The van der Waals surface area contributed by atoms with Crippen molar-refractivity contribution in [3.8, 4) is 0 Å². The normalized spacial score (nSPS) is 16.5. The number of halogens is 2. The molecule has 3 nitrogen and oxygen atoms in total. The molecule has 6 heteroatoms. The van der Waals surface area contributed by atoms with Gasteiger partial charge in [0.1, 0.15) is 21.7 Å². The molecule has 0 aromatic carbocycles. The highest BCUT2D eigenvalue weighted by Gasteiger charge is 2.42. The van der Waals surface area contributed by atoms with E-state index >= 15 is 0 Å². The number of rotatable bonds is 5. The molecular weight excluding hydrogens is 248 g/mol. The second kappa shape index (κ2) is 5.63. The van der Waals surface area contributed by atoms with E-state index in [2.05, 4.69) is 4.40 Å². The molecule has 0 N–H and O–H groups in total. The molecule has 0 bridgehead atoms. The van der Waals surface area contributed by atoms with E-state index in [0.717, 1.165) is 6.92 Å². The van der Waals surface area contributed by atoms with Gasteiger partial charge in [0, 0.05) is 6.92 Å². The fourth-order valence-corrected chi connectivity index (χ4v) is 1.14. The van der Waals surface area contributed by atoms with Crippen LogP contribution in [0.3, 0.4) is 0 Å². The Kier molecular flexibility index (Phi) is 5.56. The van der Waals surface area contributed by atoms with E-state index in [1.165, 1.54) is 20.1 Å². The van der Waals surface area contributed by atoms with E-state index in [0.29, 0.717) is 0 Å². The van der Waals surface area contributed by atoms with Crippen molar-refractivity contribution in [1.29, 1.82) is 0 Å². The zero-order valence-corrected chi connectivity index (χ0v) is 12.0. The summed E-state index contributed by atoms with van der Waals surface area (Å²) in [4.78, 5) is 0. The first-order chi connectivity index (χ1) is 7.38. The molecule has 0 heterocycles. The molecule has 0 saturated carbocycles. The standard InChI is InChI=1S/C11H21F2NO2S/c1-9(2,3)17(15)14-7-8-16-10(4,5)11(6,12)13/h7H,8H2,1-6H3. The molecule has 1 atom stereocenters. The van der Waals surface area contributed by atoms with Gasteiger partial charge < -0.3 is 9.29 Å². The number of ether oxygens (including phenoxy) is 1. The molecule has 0 radical (unpaired) electrons. The highest BCUT2D eigenvalue weighted by molar-refractivity contribution is 7.91. The predicted octanol–water partition coefficient (Wildman–Crippen LogP) is 2.97. The molecule has 0 aliphatic rings. The van der Waals surface area contributed by atoms with Crippen LogP contribution in [0.15, 0.2) is 4.40 Å². The van der Waals surface area contributed by atoms with Crippen molar-refractivity contribution in [3.63, 3.8) is 0 Å². The average molecular weight is 269 g/mol. The van der Waals surface area contributed by atoms with E-state index in [9.17, 15) is 13.3 Å². The van der Waals surface area contributed by atoms with Gasteiger partial charge in [-0.15, -0.1) is 0 Å². The Morgan fingerprint density at radius 3 is 2.00 bits per heavy atom. The minimum atomic E-state index is -2.94. The lowest BCUT2D eigenvalue weighted by Gasteiger charge is -2.30. The third-order valence-electron chi connectivity index (χ3n) is 2.27. The Hall–Kier alpha value is -0.200. The van der Waals surface area contributed by atoms with Crippen molar-refractivity contribution in [1.82, 2.24) is 0 Å². The predicted molar refractivity (Wildman–Crippen MR) is 67.0 cm³/mol. The Morgan fingerprint density at radius 1 is 1.18 bits per heavy atom. The van der Waals surface area contributed by atoms with Crippen molar-refractivity contribution in [2.75, 3.05) is 6.61 Å². The van der Waals surface area contributed by atoms with Gasteiger partial charge in [-0.3, -0.25) is 0 Å². The van der Waals surface area contributed by atoms with Crippen LogP contribution in [0.2, 0.25) is 0 Å². The summed E-state index contributed by atoms with van der Waals surface area (Å²) in [6.45, 7) is 8.68. The Bertz CT molecular complexity index is 270. The van der Waals surface area contributed by atoms with Gasteiger partial charge in [0.25, 0.3) is 5.92 Å². The topological polar surface area (TPSA) is 44.7 Å². The van der Waals surface area contributed by atoms with Crippen molar-refractivity contribution < 1.29 is 18.1 Å². The van der Waals surface area contributed by atoms with E-state index in [4.69, 9.17) is 4.74 Å². The van der Waals surface area contributed by atoms with Crippen molar-refractivity contribution in [2.24, 2.45) is 4.40 Å². The molecule has 1 unspecified atom stereocenters. The molecule has 0 saturated heterocycles. The van der Waals surface area contributed by atoms with Gasteiger partial charge in [-0.05, 0) is 34.6 Å². The van der Waals surface area contributed by atoms with Gasteiger partial charge in [0.2, 0.25) is 0 Å². The van der Waals surface area contributed by atoms with Crippen molar-refractivity contribution in [2.45, 2.75) is 57.8 Å². The van der Waals surface area contributed by atoms with Gasteiger partial charge in [-0.2, -0.15) is 0 Å². The van der Waals surface area contributed by atoms with Crippen LogP contribution in [-0.2, 0) is 16.1 Å². The number of hydrogen-bond acceptors (Lipinski definition) is 3. The number of alkyl halides is 2. The number of nitrogens with zero attached hydrogens (tertiary/aromatic N) is 1. The average Bonchev–Trinajstić information content (AvgIpc) is 2.08. The largest absolute Gasteiger partial charge is 0.591 e. The maximum absolute atomic E-state index is 13.0. The van der Waals surface area contributed by atoms with Crippen LogP contribution in [0.5, 0.6) is 0 Å². The lowest BCUT2D eigenvalue weighted by Crippen LogP contribution is -2.43. The molecule has 0 aromatic rings. The van der Waals surface area contributed by atoms with Crippen LogP contribution in [0, 0.1) is 0 Å². The molecule has 0 rings (SSSR count). The third-order valence-corrected chi connectivity index (χ3v) is 3.66. The van der Waals surface area contributed by atoms with Crippen LogP contribution < -0.4 is 0 Å². The quantitative estimate of drug-likeness (QED) is 0.569. The maximum Gasteiger partial charge on any atom is 0.273 e. The lowest BCUT2D eigenvalue weighted by molar-refractivity contribution is -0.171. The van der Waals surface area contributed by atoms with Gasteiger partial charge in [-0.1, -0.05) is 4.40 Å². The van der Waals surface area contributed by atoms with E-state index in [1.54, 1.807) is 20.8 Å². The Morgan fingerprint density at radius 2 is 1.65 bits per heavy atom. The summed E-state index contributed by atoms with van der Waals surface area (Å²) in [6.07, 6.45) is 1.27. The summed E-state index contributed by atoms with van der Waals surface area (Å²) in [5, 5.41) is 0. The maximum atomic E-state index is 13.0. The van der Waals surface area contributed by atoms with Crippen LogP contribution in [0.4, 0.5) is 8.78 Å². The zero-order valence-electron chi connectivity index (χ0n) is 11.2. The van der Waals surface area contributed by atoms with Crippen molar-refractivity contribution >= 4 is 17.6 Å². The van der Waals surface area contributed by atoms with Crippen LogP contribution in [0.1, 0.15) is 41.5 Å². The summed E-state index contributed by atoms with van der Waals surface area (Å²) < 4.78 is 45.9. The second-order valence-corrected chi connectivity index (χ2v) is 7.29. The first-order valence-electron chi connectivity index (χ1n) is 5.34. The van der Waals surface area contributed by atoms with E-state index in [1.807, 2.05) is 0 Å². The molecular formula is C11H21F2NO2S.